The van der Waals surface area contributed by atoms with Crippen LogP contribution in [0.25, 0.3) is 0 Å². The van der Waals surface area contributed by atoms with E-state index in [9.17, 15) is 0 Å². The summed E-state index contributed by atoms with van der Waals surface area (Å²) >= 11 is -2.61. The number of rotatable bonds is 1. The average molecular weight is 323 g/mol. The van der Waals surface area contributed by atoms with Crippen LogP contribution in [0.4, 0.5) is 0 Å². The van der Waals surface area contributed by atoms with Crippen LogP contribution in [0.1, 0.15) is 6.42 Å². The van der Waals surface area contributed by atoms with E-state index >= 15 is 0 Å². The van der Waals surface area contributed by atoms with Crippen LogP contribution in [-0.2, 0) is 14.0 Å². The van der Waals surface area contributed by atoms with Crippen LogP contribution < -0.4 is 16.0 Å². The van der Waals surface area contributed by atoms with Crippen molar-refractivity contribution in [3.8, 4) is 0 Å². The Kier molecular flexibility index (Phi) is 12.4. The van der Waals surface area contributed by atoms with Crippen molar-refractivity contribution in [1.29, 1.82) is 0 Å². The summed E-state index contributed by atoms with van der Waals surface area (Å²) in [5.41, 5.74) is 0. The molecule has 20 heavy (non-hydrogen) atoms. The van der Waals surface area contributed by atoms with E-state index in [2.05, 4.69) is 60.3 Å². The Bertz CT molecular complexity index is 278. The van der Waals surface area contributed by atoms with Crippen LogP contribution in [0.3, 0.4) is 0 Å². The van der Waals surface area contributed by atoms with Crippen LogP contribution in [-0.4, -0.2) is 42.3 Å². The van der Waals surface area contributed by atoms with E-state index in [0.29, 0.717) is 0 Å². The molecule has 0 amide bonds. The molecule has 0 aromatic rings. The van der Waals surface area contributed by atoms with Gasteiger partial charge in [-0.1, -0.05) is 0 Å². The summed E-state index contributed by atoms with van der Waals surface area (Å²) in [7, 11) is 11.2. The molecule has 0 fully saturated rings. The summed E-state index contributed by atoms with van der Waals surface area (Å²) in [5, 5.41) is 20.7. The topological polar surface area (TPSA) is 36.1 Å². The standard InChI is InChI=1S/C5H5.3C2H7N.5CH3.Ti/c1-2-4-5-3-1;3*1-3-2;;;;;;/h1-3H,4H2;3*3H,1-2H3;5*1H3;. The van der Waals surface area contributed by atoms with Gasteiger partial charge in [-0.05, 0) is 42.3 Å². The molecule has 0 saturated carbocycles. The van der Waals surface area contributed by atoms with E-state index in [1.165, 1.54) is 6.42 Å². The fraction of sp³-hybridized carbons (Fsp3) is 0.750. The molecule has 124 valence electrons. The normalized spacial score (nSPS) is 16.1. The van der Waals surface area contributed by atoms with Crippen molar-refractivity contribution in [2.75, 3.05) is 42.3 Å². The second-order valence-corrected chi connectivity index (χ2v) is 29.6. The summed E-state index contributed by atoms with van der Waals surface area (Å²) in [6.45, 7) is 0. The molecule has 0 spiro atoms. The maximum absolute atomic E-state index is 2.75. The van der Waals surface area contributed by atoms with Crippen LogP contribution in [0.2, 0.25) is 26.1 Å². The summed E-state index contributed by atoms with van der Waals surface area (Å²) in [6, 6.07) is 0. The van der Waals surface area contributed by atoms with E-state index in [-0.39, 0.29) is 0 Å². The molecular weight excluding hydrogens is 282 g/mol. The van der Waals surface area contributed by atoms with Crippen LogP contribution in [0.15, 0.2) is 22.1 Å². The van der Waals surface area contributed by atoms with Gasteiger partial charge in [0.1, 0.15) is 0 Å². The predicted octanol–water partition coefficient (Wildman–Crippen LogP) is 3.80. The van der Waals surface area contributed by atoms with Gasteiger partial charge in [0.15, 0.2) is 0 Å². The van der Waals surface area contributed by atoms with Gasteiger partial charge in [-0.25, -0.2) is 0 Å². The van der Waals surface area contributed by atoms with E-state index in [0.717, 1.165) is 0 Å². The fourth-order valence-corrected chi connectivity index (χ4v) is 4.60. The van der Waals surface area contributed by atoms with Gasteiger partial charge in [-0.2, -0.15) is 0 Å². The zero-order valence-electron chi connectivity index (χ0n) is 15.9. The van der Waals surface area contributed by atoms with E-state index in [1.54, 1.807) is 3.88 Å². The second-order valence-electron chi connectivity index (χ2n) is 9.07. The first-order valence-corrected chi connectivity index (χ1v) is 16.1. The third kappa shape index (κ3) is 18.1. The Labute approximate surface area is 127 Å². The quantitative estimate of drug-likeness (QED) is 0.642. The Hall–Kier alpha value is 0.0743. The second kappa shape index (κ2) is 9.91. The summed E-state index contributed by atoms with van der Waals surface area (Å²) < 4.78 is 1.70. The number of nitrogens with one attached hydrogen (secondary N) is 3. The molecule has 1 aliphatic carbocycles. The van der Waals surface area contributed by atoms with E-state index in [4.69, 9.17) is 0 Å². The molecule has 0 unspecified atom stereocenters. The SMILES string of the molecule is CNC.CNC.CNC.[CH3][Ti]([CH3])([CH3])([CH3])([CH3])[C]1=CC=CC1. The summed E-state index contributed by atoms with van der Waals surface area (Å²) in [6.07, 6.45) is 7.98. The van der Waals surface area contributed by atoms with Gasteiger partial charge in [-0.15, -0.1) is 0 Å². The van der Waals surface area contributed by atoms with Crippen LogP contribution in [0, 0.1) is 0 Å². The van der Waals surface area contributed by atoms with Crippen molar-refractivity contribution < 1.29 is 14.0 Å². The Morgan fingerprint density at radius 1 is 0.750 bits per heavy atom. The monoisotopic (exact) mass is 323 g/mol. The third-order valence-corrected chi connectivity index (χ3v) is 7.97. The van der Waals surface area contributed by atoms with Gasteiger partial charge in [-0.3, -0.25) is 0 Å². The zero-order valence-corrected chi connectivity index (χ0v) is 17.5. The van der Waals surface area contributed by atoms with Crippen molar-refractivity contribution in [3.05, 3.63) is 22.1 Å². The molecule has 0 atom stereocenters. The van der Waals surface area contributed by atoms with Gasteiger partial charge in [0.25, 0.3) is 0 Å². The first-order valence-electron chi connectivity index (χ1n) is 7.47. The molecule has 4 heteroatoms. The van der Waals surface area contributed by atoms with Crippen molar-refractivity contribution in [1.82, 2.24) is 16.0 Å². The van der Waals surface area contributed by atoms with E-state index < -0.39 is 14.0 Å². The molecule has 3 nitrogen and oxygen atoms in total. The van der Waals surface area contributed by atoms with Gasteiger partial charge in [0.2, 0.25) is 0 Å². The predicted molar refractivity (Wildman–Crippen MR) is 96.1 cm³/mol. The molecule has 0 heterocycles. The summed E-state index contributed by atoms with van der Waals surface area (Å²) in [4.78, 5) is 0. The molecule has 0 radical (unpaired) electrons. The molecule has 3 N–H and O–H groups in total. The Balaban J connectivity index is -0.000000268. The molecular formula is C16H41N3Ti. The number of hydrogen-bond donors (Lipinski definition) is 3. The molecule has 0 bridgehead atoms. The minimum atomic E-state index is -2.61. The number of allylic oxidation sites excluding steroid dienone is 4. The third-order valence-electron chi connectivity index (χ3n) is 2.38. The first-order chi connectivity index (χ1) is 8.84. The Morgan fingerprint density at radius 2 is 1.05 bits per heavy atom. The molecule has 1 rings (SSSR count). The zero-order chi connectivity index (χ0) is 16.9. The Morgan fingerprint density at radius 3 is 1.15 bits per heavy atom. The molecule has 0 aliphatic heterocycles. The first kappa shape index (κ1) is 25.1. The molecule has 0 saturated heterocycles. The maximum atomic E-state index is 2.75. The van der Waals surface area contributed by atoms with Gasteiger partial charge >= 0.3 is 68.7 Å². The molecule has 0 aromatic heterocycles. The number of hydrogen-bond acceptors (Lipinski definition) is 3. The van der Waals surface area contributed by atoms with Gasteiger partial charge in [0.05, 0.1) is 0 Å². The molecule has 0 aromatic carbocycles. The fourth-order valence-electron chi connectivity index (χ4n) is 1.37. The van der Waals surface area contributed by atoms with E-state index in [1.807, 2.05) is 42.3 Å². The van der Waals surface area contributed by atoms with Crippen molar-refractivity contribution >= 4 is 0 Å². The van der Waals surface area contributed by atoms with Crippen molar-refractivity contribution in [2.24, 2.45) is 0 Å². The minimum absolute atomic E-state index is 1.20. The van der Waals surface area contributed by atoms with Crippen molar-refractivity contribution in [2.45, 2.75) is 32.6 Å². The van der Waals surface area contributed by atoms with Crippen LogP contribution >= 0.6 is 0 Å². The van der Waals surface area contributed by atoms with Crippen molar-refractivity contribution in [3.63, 3.8) is 0 Å². The molecule has 1 aliphatic rings. The average Bonchev–Trinajstić information content (AvgIpc) is 2.71. The summed E-state index contributed by atoms with van der Waals surface area (Å²) in [5.74, 6) is 0. The van der Waals surface area contributed by atoms with Gasteiger partial charge in [0, 0.05) is 0 Å². The van der Waals surface area contributed by atoms with Crippen LogP contribution in [0.5, 0.6) is 0 Å². The van der Waals surface area contributed by atoms with Gasteiger partial charge < -0.3 is 16.0 Å².